The standard InChI is InChI=1S/C31H32N6O/c1-36(2)26-15-13-25(14-16-26)28-30(33-20-22-8-4-3-5-9-22)37-17-7-12-27(29(37)35-28)31(38)34-21-24-11-6-10-23(18-24)19-32/h3-18,33H,19-21,32H2,1-2H3,(H,34,38). The zero-order valence-corrected chi connectivity index (χ0v) is 21.7. The van der Waals surface area contributed by atoms with E-state index in [-0.39, 0.29) is 5.91 Å². The number of hydrogen-bond donors (Lipinski definition) is 3. The van der Waals surface area contributed by atoms with Gasteiger partial charge in [0.1, 0.15) is 11.5 Å². The molecule has 0 aliphatic carbocycles. The first-order valence-corrected chi connectivity index (χ1v) is 12.7. The minimum atomic E-state index is -0.178. The van der Waals surface area contributed by atoms with Crippen molar-refractivity contribution in [3.8, 4) is 11.3 Å². The van der Waals surface area contributed by atoms with Gasteiger partial charge < -0.3 is 21.3 Å². The summed E-state index contributed by atoms with van der Waals surface area (Å²) in [4.78, 5) is 20.4. The maximum atomic E-state index is 13.3. The first-order chi connectivity index (χ1) is 18.5. The van der Waals surface area contributed by atoms with E-state index in [1.165, 1.54) is 0 Å². The Bertz CT molecular complexity index is 1540. The average molecular weight is 505 g/mol. The van der Waals surface area contributed by atoms with Crippen molar-refractivity contribution in [3.63, 3.8) is 0 Å². The molecule has 2 aromatic heterocycles. The number of pyridine rings is 1. The molecule has 0 saturated heterocycles. The van der Waals surface area contributed by atoms with E-state index < -0.39 is 0 Å². The van der Waals surface area contributed by atoms with E-state index in [0.29, 0.717) is 30.8 Å². The molecule has 0 atom stereocenters. The molecule has 0 fully saturated rings. The zero-order chi connectivity index (χ0) is 26.5. The third kappa shape index (κ3) is 5.38. The summed E-state index contributed by atoms with van der Waals surface area (Å²) in [5, 5.41) is 6.62. The number of carbonyl (C=O) groups excluding carboxylic acids is 1. The van der Waals surface area contributed by atoms with E-state index >= 15 is 0 Å². The fraction of sp³-hybridized carbons (Fsp3) is 0.161. The second kappa shape index (κ2) is 11.2. The van der Waals surface area contributed by atoms with Crippen LogP contribution in [0.15, 0.2) is 97.2 Å². The molecule has 0 unspecified atom stereocenters. The normalized spacial score (nSPS) is 10.9. The molecule has 7 nitrogen and oxygen atoms in total. The molecule has 1 amide bonds. The van der Waals surface area contributed by atoms with Crippen LogP contribution in [0.25, 0.3) is 16.9 Å². The van der Waals surface area contributed by atoms with Crippen LogP contribution in [0.1, 0.15) is 27.0 Å². The fourth-order valence-electron chi connectivity index (χ4n) is 4.46. The van der Waals surface area contributed by atoms with Crippen molar-refractivity contribution in [1.29, 1.82) is 0 Å². The quantitative estimate of drug-likeness (QED) is 0.261. The molecule has 4 N–H and O–H groups in total. The molecule has 0 aliphatic heterocycles. The molecule has 0 radical (unpaired) electrons. The molecule has 0 spiro atoms. The van der Waals surface area contributed by atoms with Crippen molar-refractivity contribution in [2.75, 3.05) is 24.3 Å². The fourth-order valence-corrected chi connectivity index (χ4v) is 4.46. The van der Waals surface area contributed by atoms with Crippen molar-refractivity contribution in [1.82, 2.24) is 14.7 Å². The van der Waals surface area contributed by atoms with Gasteiger partial charge in [-0.25, -0.2) is 4.98 Å². The van der Waals surface area contributed by atoms with Crippen molar-refractivity contribution < 1.29 is 4.79 Å². The van der Waals surface area contributed by atoms with E-state index in [1.54, 1.807) is 0 Å². The molecular weight excluding hydrogens is 472 g/mol. The summed E-state index contributed by atoms with van der Waals surface area (Å²) < 4.78 is 1.96. The predicted molar refractivity (Wildman–Crippen MR) is 154 cm³/mol. The predicted octanol–water partition coefficient (Wildman–Crippen LogP) is 5.07. The van der Waals surface area contributed by atoms with Crippen molar-refractivity contribution in [2.24, 2.45) is 5.73 Å². The Morgan fingerprint density at radius 3 is 2.34 bits per heavy atom. The number of anilines is 2. The zero-order valence-electron chi connectivity index (χ0n) is 21.7. The Hall–Kier alpha value is -4.62. The molecule has 5 aromatic rings. The highest BCUT2D eigenvalue weighted by Gasteiger charge is 2.19. The van der Waals surface area contributed by atoms with E-state index in [0.717, 1.165) is 39.5 Å². The number of nitrogens with two attached hydrogens (primary N) is 1. The van der Waals surface area contributed by atoms with Crippen molar-refractivity contribution in [2.45, 2.75) is 19.6 Å². The Morgan fingerprint density at radius 1 is 0.868 bits per heavy atom. The number of amides is 1. The van der Waals surface area contributed by atoms with Gasteiger partial charge in [-0.3, -0.25) is 9.20 Å². The Labute approximate surface area is 222 Å². The summed E-state index contributed by atoms with van der Waals surface area (Å²) in [5.74, 6) is 0.662. The SMILES string of the molecule is CN(C)c1ccc(-c2nc3c(C(=O)NCc4cccc(CN)c4)cccn3c2NCc2ccccc2)cc1. The number of fused-ring (bicyclic) bond motifs is 1. The van der Waals surface area contributed by atoms with Crippen molar-refractivity contribution in [3.05, 3.63) is 119 Å². The molecule has 0 saturated carbocycles. The lowest BCUT2D eigenvalue weighted by Gasteiger charge is -2.13. The number of hydrogen-bond acceptors (Lipinski definition) is 5. The number of imidazole rings is 1. The smallest absolute Gasteiger partial charge is 0.255 e. The van der Waals surface area contributed by atoms with Gasteiger partial charge >= 0.3 is 0 Å². The number of nitrogens with zero attached hydrogens (tertiary/aromatic N) is 3. The largest absolute Gasteiger partial charge is 0.378 e. The van der Waals surface area contributed by atoms with Crippen LogP contribution < -0.4 is 21.3 Å². The van der Waals surface area contributed by atoms with Crippen LogP contribution in [-0.2, 0) is 19.6 Å². The minimum Gasteiger partial charge on any atom is -0.378 e. The van der Waals surface area contributed by atoms with E-state index in [2.05, 4.69) is 51.9 Å². The van der Waals surface area contributed by atoms with E-state index in [4.69, 9.17) is 10.7 Å². The first-order valence-electron chi connectivity index (χ1n) is 12.7. The molecular formula is C31H32N6O. The van der Waals surface area contributed by atoms with Gasteiger partial charge in [-0.15, -0.1) is 0 Å². The summed E-state index contributed by atoms with van der Waals surface area (Å²) in [5.41, 5.74) is 13.0. The number of rotatable bonds is 9. The molecule has 0 bridgehead atoms. The lowest BCUT2D eigenvalue weighted by atomic mass is 10.1. The summed E-state index contributed by atoms with van der Waals surface area (Å²) in [7, 11) is 4.04. The molecule has 5 rings (SSSR count). The number of carbonyl (C=O) groups is 1. The molecule has 2 heterocycles. The van der Waals surface area contributed by atoms with Gasteiger partial charge in [0.2, 0.25) is 0 Å². The highest BCUT2D eigenvalue weighted by atomic mass is 16.1. The van der Waals surface area contributed by atoms with Gasteiger partial charge in [0.25, 0.3) is 5.91 Å². The second-order valence-corrected chi connectivity index (χ2v) is 9.41. The lowest BCUT2D eigenvalue weighted by Crippen LogP contribution is -2.23. The van der Waals surface area contributed by atoms with E-state index in [1.807, 2.05) is 79.3 Å². The van der Waals surface area contributed by atoms with E-state index in [9.17, 15) is 4.79 Å². The summed E-state index contributed by atoms with van der Waals surface area (Å²) in [6.07, 6.45) is 1.94. The Balaban J connectivity index is 1.50. The van der Waals surface area contributed by atoms with Crippen LogP contribution in [0.4, 0.5) is 11.5 Å². The number of benzene rings is 3. The van der Waals surface area contributed by atoms with Crippen LogP contribution in [0, 0.1) is 0 Å². The Morgan fingerprint density at radius 2 is 1.61 bits per heavy atom. The summed E-state index contributed by atoms with van der Waals surface area (Å²) >= 11 is 0. The van der Waals surface area contributed by atoms with Crippen LogP contribution in [-0.4, -0.2) is 29.4 Å². The number of aromatic nitrogens is 2. The second-order valence-electron chi connectivity index (χ2n) is 9.41. The van der Waals surface area contributed by atoms with Gasteiger partial charge in [-0.05, 0) is 41.0 Å². The number of nitrogens with one attached hydrogen (secondary N) is 2. The maximum Gasteiger partial charge on any atom is 0.255 e. The Kier molecular flexibility index (Phi) is 7.38. The van der Waals surface area contributed by atoms with Crippen LogP contribution in [0.3, 0.4) is 0 Å². The van der Waals surface area contributed by atoms with Gasteiger partial charge in [0.15, 0.2) is 5.65 Å². The summed E-state index contributed by atoms with van der Waals surface area (Å²) in [6.45, 7) is 1.50. The lowest BCUT2D eigenvalue weighted by molar-refractivity contribution is 0.0952. The minimum absolute atomic E-state index is 0.178. The first kappa shape index (κ1) is 25.0. The molecule has 0 aliphatic rings. The maximum absolute atomic E-state index is 13.3. The third-order valence-electron chi connectivity index (χ3n) is 6.53. The summed E-state index contributed by atoms with van der Waals surface area (Å²) in [6, 6.07) is 30.1. The topological polar surface area (TPSA) is 87.7 Å². The molecule has 192 valence electrons. The van der Waals surface area contributed by atoms with Gasteiger partial charge in [0, 0.05) is 51.2 Å². The molecule has 38 heavy (non-hydrogen) atoms. The molecule has 3 aromatic carbocycles. The highest BCUT2D eigenvalue weighted by molar-refractivity contribution is 6.00. The molecule has 7 heteroatoms. The third-order valence-corrected chi connectivity index (χ3v) is 6.53. The van der Waals surface area contributed by atoms with Gasteiger partial charge in [-0.1, -0.05) is 66.7 Å². The highest BCUT2D eigenvalue weighted by Crippen LogP contribution is 2.31. The monoisotopic (exact) mass is 504 g/mol. The average Bonchev–Trinajstić information content (AvgIpc) is 3.34. The van der Waals surface area contributed by atoms with Crippen molar-refractivity contribution >= 4 is 23.1 Å². The van der Waals surface area contributed by atoms with Crippen LogP contribution >= 0.6 is 0 Å². The van der Waals surface area contributed by atoms with Gasteiger partial charge in [-0.2, -0.15) is 0 Å². The van der Waals surface area contributed by atoms with Crippen LogP contribution in [0.5, 0.6) is 0 Å². The van der Waals surface area contributed by atoms with Crippen LogP contribution in [0.2, 0.25) is 0 Å². The van der Waals surface area contributed by atoms with Gasteiger partial charge in [0.05, 0.1) is 5.56 Å².